The number of anilines is 1. The lowest BCUT2D eigenvalue weighted by molar-refractivity contribution is -0.862. The van der Waals surface area contributed by atoms with Crippen molar-refractivity contribution in [3.05, 3.63) is 59.1 Å². The van der Waals surface area contributed by atoms with Crippen LogP contribution in [0.4, 0.5) is 5.69 Å². The smallest absolute Gasteiger partial charge is 0.279 e. The van der Waals surface area contributed by atoms with E-state index in [0.29, 0.717) is 10.7 Å². The molecule has 2 rings (SSSR count). The van der Waals surface area contributed by atoms with Crippen molar-refractivity contribution in [2.75, 3.05) is 32.6 Å². The van der Waals surface area contributed by atoms with Gasteiger partial charge in [0.05, 0.1) is 20.2 Å². The van der Waals surface area contributed by atoms with Crippen LogP contribution in [0.1, 0.15) is 18.5 Å². The van der Waals surface area contributed by atoms with Crippen LogP contribution in [0, 0.1) is 0 Å². The number of carbonyl (C=O) groups excluding carboxylic acids is 2. The Morgan fingerprint density at radius 3 is 2.33 bits per heavy atom. The zero-order valence-corrected chi connectivity index (χ0v) is 16.5. The van der Waals surface area contributed by atoms with Crippen LogP contribution in [0.25, 0.3) is 0 Å². The van der Waals surface area contributed by atoms with Crippen molar-refractivity contribution in [1.29, 1.82) is 0 Å². The van der Waals surface area contributed by atoms with E-state index in [-0.39, 0.29) is 30.9 Å². The number of rotatable bonds is 8. The zero-order valence-electron chi connectivity index (χ0n) is 15.7. The second-order valence-corrected chi connectivity index (χ2v) is 6.81. The number of hydrogen-bond donors (Lipinski definition) is 3. The minimum atomic E-state index is -0.202. The maximum atomic E-state index is 12.2. The highest BCUT2D eigenvalue weighted by Gasteiger charge is 2.17. The molecule has 2 aromatic rings. The predicted octanol–water partition coefficient (Wildman–Crippen LogP) is 1.68. The molecule has 1 unspecified atom stereocenters. The predicted molar refractivity (Wildman–Crippen MR) is 106 cm³/mol. The molecule has 0 saturated heterocycles. The molecule has 0 bridgehead atoms. The third-order valence-electron chi connectivity index (χ3n) is 4.05. The Labute approximate surface area is 164 Å². The highest BCUT2D eigenvalue weighted by Crippen LogP contribution is 2.21. The summed E-state index contributed by atoms with van der Waals surface area (Å²) in [7, 11) is 3.39. The van der Waals surface area contributed by atoms with E-state index in [4.69, 9.17) is 16.3 Å². The van der Waals surface area contributed by atoms with Crippen LogP contribution in [0.5, 0.6) is 5.75 Å². The average molecular weight is 391 g/mol. The van der Waals surface area contributed by atoms with Gasteiger partial charge in [-0.15, -0.1) is 0 Å². The van der Waals surface area contributed by atoms with Crippen LogP contribution in [-0.2, 0) is 9.59 Å². The molecule has 0 heterocycles. The van der Waals surface area contributed by atoms with Gasteiger partial charge in [0.2, 0.25) is 0 Å². The maximum absolute atomic E-state index is 12.2. The van der Waals surface area contributed by atoms with Gasteiger partial charge in [0.25, 0.3) is 11.8 Å². The number of methoxy groups -OCH3 is 1. The van der Waals surface area contributed by atoms with Crippen LogP contribution >= 0.6 is 11.6 Å². The van der Waals surface area contributed by atoms with Gasteiger partial charge < -0.3 is 20.3 Å². The van der Waals surface area contributed by atoms with Crippen LogP contribution in [-0.4, -0.2) is 39.1 Å². The molecule has 0 aromatic heterocycles. The quantitative estimate of drug-likeness (QED) is 0.642. The first-order valence-corrected chi connectivity index (χ1v) is 9.06. The molecule has 7 heteroatoms. The number of likely N-dealkylation sites (N-methyl/N-ethyl adjacent to an activating group) is 1. The van der Waals surface area contributed by atoms with Gasteiger partial charge >= 0.3 is 0 Å². The number of quaternary nitrogens is 1. The minimum Gasteiger partial charge on any atom is -0.497 e. The Hall–Kier alpha value is -2.57. The van der Waals surface area contributed by atoms with E-state index >= 15 is 0 Å². The van der Waals surface area contributed by atoms with E-state index in [0.717, 1.165) is 16.2 Å². The topological polar surface area (TPSA) is 71.9 Å². The fourth-order valence-electron chi connectivity index (χ4n) is 2.69. The normalized spacial score (nSPS) is 12.7. The van der Waals surface area contributed by atoms with Crippen molar-refractivity contribution in [2.45, 2.75) is 13.0 Å². The molecule has 0 aliphatic heterocycles. The highest BCUT2D eigenvalue weighted by atomic mass is 35.5. The third kappa shape index (κ3) is 6.58. The number of halogens is 1. The van der Waals surface area contributed by atoms with Gasteiger partial charge in [0.15, 0.2) is 13.1 Å². The molecule has 144 valence electrons. The molecule has 0 saturated carbocycles. The summed E-state index contributed by atoms with van der Waals surface area (Å²) < 4.78 is 5.08. The van der Waals surface area contributed by atoms with Crippen LogP contribution in [0.3, 0.4) is 0 Å². The van der Waals surface area contributed by atoms with Gasteiger partial charge in [-0.3, -0.25) is 9.59 Å². The Balaban J connectivity index is 1.79. The van der Waals surface area contributed by atoms with Crippen molar-refractivity contribution < 1.29 is 19.2 Å². The fourth-order valence-corrected chi connectivity index (χ4v) is 2.99. The van der Waals surface area contributed by atoms with E-state index in [9.17, 15) is 9.59 Å². The number of carbonyl (C=O) groups is 2. The first-order chi connectivity index (χ1) is 12.9. The largest absolute Gasteiger partial charge is 0.497 e. The molecular formula is C20H25ClN3O3+. The summed E-state index contributed by atoms with van der Waals surface area (Å²) in [5, 5.41) is 6.34. The summed E-state index contributed by atoms with van der Waals surface area (Å²) in [6.07, 6.45) is 0. The molecular weight excluding hydrogens is 366 g/mol. The van der Waals surface area contributed by atoms with Crippen molar-refractivity contribution >= 4 is 29.1 Å². The molecule has 2 aromatic carbocycles. The van der Waals surface area contributed by atoms with Gasteiger partial charge in [0.1, 0.15) is 5.75 Å². The molecule has 6 nitrogen and oxygen atoms in total. The molecule has 2 amide bonds. The number of benzene rings is 2. The Morgan fingerprint density at radius 2 is 1.70 bits per heavy atom. The summed E-state index contributed by atoms with van der Waals surface area (Å²) in [6.45, 7) is 2.25. The molecule has 0 aliphatic rings. The van der Waals surface area contributed by atoms with Crippen molar-refractivity contribution in [3.63, 3.8) is 0 Å². The number of hydrogen-bond acceptors (Lipinski definition) is 3. The molecule has 2 atom stereocenters. The molecule has 0 radical (unpaired) electrons. The van der Waals surface area contributed by atoms with E-state index in [2.05, 4.69) is 10.6 Å². The molecule has 27 heavy (non-hydrogen) atoms. The number of amides is 2. The van der Waals surface area contributed by atoms with Crippen LogP contribution in [0.15, 0.2) is 48.5 Å². The fraction of sp³-hybridized carbons (Fsp3) is 0.300. The van der Waals surface area contributed by atoms with Crippen LogP contribution < -0.4 is 20.3 Å². The first kappa shape index (κ1) is 20.7. The van der Waals surface area contributed by atoms with Crippen molar-refractivity contribution in [1.82, 2.24) is 5.32 Å². The Kier molecular flexibility index (Phi) is 7.64. The maximum Gasteiger partial charge on any atom is 0.279 e. The minimum absolute atomic E-state index is 0.142. The number of nitrogens with one attached hydrogen (secondary N) is 3. The molecule has 0 fully saturated rings. The van der Waals surface area contributed by atoms with E-state index in [1.165, 1.54) is 0 Å². The Morgan fingerprint density at radius 1 is 1.07 bits per heavy atom. The van der Waals surface area contributed by atoms with Gasteiger partial charge in [-0.2, -0.15) is 0 Å². The molecule has 0 aliphatic carbocycles. The van der Waals surface area contributed by atoms with Gasteiger partial charge in [-0.25, -0.2) is 0 Å². The van der Waals surface area contributed by atoms with Gasteiger partial charge in [0, 0.05) is 10.7 Å². The summed E-state index contributed by atoms with van der Waals surface area (Å²) >= 11 is 6.16. The SMILES string of the molecule is COc1ccc(NC(=O)C[NH+](C)CC(=O)N[C@H](C)c2ccccc2Cl)cc1. The zero-order chi connectivity index (χ0) is 19.8. The Bertz CT molecular complexity index is 780. The van der Waals surface area contributed by atoms with Crippen LogP contribution in [0.2, 0.25) is 5.02 Å². The van der Waals surface area contributed by atoms with E-state index < -0.39 is 0 Å². The first-order valence-electron chi connectivity index (χ1n) is 8.68. The van der Waals surface area contributed by atoms with E-state index in [1.807, 2.05) is 25.1 Å². The molecule has 3 N–H and O–H groups in total. The van der Waals surface area contributed by atoms with Gasteiger partial charge in [-0.05, 0) is 42.8 Å². The average Bonchev–Trinajstić information content (AvgIpc) is 2.62. The second kappa shape index (κ2) is 9.94. The lowest BCUT2D eigenvalue weighted by Gasteiger charge is -2.18. The lowest BCUT2D eigenvalue weighted by Crippen LogP contribution is -3.11. The van der Waals surface area contributed by atoms with Crippen molar-refractivity contribution in [2.24, 2.45) is 0 Å². The molecule has 0 spiro atoms. The van der Waals surface area contributed by atoms with Gasteiger partial charge in [-0.1, -0.05) is 29.8 Å². The summed E-state index contributed by atoms with van der Waals surface area (Å²) in [5.74, 6) is 0.418. The second-order valence-electron chi connectivity index (χ2n) is 6.40. The summed E-state index contributed by atoms with van der Waals surface area (Å²) in [6, 6.07) is 14.3. The van der Waals surface area contributed by atoms with E-state index in [1.54, 1.807) is 44.5 Å². The lowest BCUT2D eigenvalue weighted by atomic mass is 10.1. The summed E-state index contributed by atoms with van der Waals surface area (Å²) in [5.41, 5.74) is 1.55. The highest BCUT2D eigenvalue weighted by molar-refractivity contribution is 6.31. The third-order valence-corrected chi connectivity index (χ3v) is 4.39. The van der Waals surface area contributed by atoms with Crippen molar-refractivity contribution in [3.8, 4) is 5.75 Å². The monoisotopic (exact) mass is 390 g/mol. The summed E-state index contributed by atoms with van der Waals surface area (Å²) in [4.78, 5) is 25.2. The number of ether oxygens (including phenoxy) is 1. The standard InChI is InChI=1S/C20H24ClN3O3/c1-14(17-6-4-5-7-18(17)21)22-19(25)12-24(2)13-20(26)23-15-8-10-16(27-3)11-9-15/h4-11,14H,12-13H2,1-3H3,(H,22,25)(H,23,26)/p+1/t14-/m1/s1.